The summed E-state index contributed by atoms with van der Waals surface area (Å²) in [5.41, 5.74) is -0.630. The Balaban J connectivity index is 2.26. The maximum Gasteiger partial charge on any atom is 0.419 e. The van der Waals surface area contributed by atoms with Crippen LogP contribution < -0.4 is 4.90 Å². The van der Waals surface area contributed by atoms with Gasteiger partial charge in [-0.3, -0.25) is 0 Å². The Bertz CT molecular complexity index is 382. The highest BCUT2D eigenvalue weighted by molar-refractivity contribution is 5.48. The van der Waals surface area contributed by atoms with Crippen LogP contribution in [-0.2, 0) is 6.18 Å². The van der Waals surface area contributed by atoms with Crippen LogP contribution in [0.3, 0.4) is 0 Å². The van der Waals surface area contributed by atoms with Crippen LogP contribution >= 0.6 is 0 Å². The molecule has 0 atom stereocenters. The Morgan fingerprint density at radius 2 is 1.94 bits per heavy atom. The highest BCUT2D eigenvalue weighted by atomic mass is 19.4. The van der Waals surface area contributed by atoms with E-state index in [0.29, 0.717) is 19.0 Å². The fourth-order valence-electron chi connectivity index (χ4n) is 2.09. The van der Waals surface area contributed by atoms with E-state index in [-0.39, 0.29) is 5.82 Å². The van der Waals surface area contributed by atoms with Gasteiger partial charge in [-0.25, -0.2) is 4.98 Å². The van der Waals surface area contributed by atoms with E-state index >= 15 is 0 Å². The lowest BCUT2D eigenvalue weighted by atomic mass is 9.99. The number of piperidine rings is 1. The van der Waals surface area contributed by atoms with Crippen molar-refractivity contribution in [3.8, 4) is 0 Å². The molecule has 2 rings (SSSR count). The fourth-order valence-corrected chi connectivity index (χ4v) is 2.09. The first-order valence-electron chi connectivity index (χ1n) is 5.75. The molecule has 0 aliphatic carbocycles. The van der Waals surface area contributed by atoms with E-state index in [1.807, 2.05) is 0 Å². The number of nitrogens with zero attached hydrogens (tertiary/aromatic N) is 2. The predicted octanol–water partition coefficient (Wildman–Crippen LogP) is 3.34. The first-order chi connectivity index (χ1) is 7.98. The van der Waals surface area contributed by atoms with Crippen LogP contribution in [0.4, 0.5) is 19.0 Å². The second kappa shape index (κ2) is 4.55. The Labute approximate surface area is 98.5 Å². The van der Waals surface area contributed by atoms with Crippen molar-refractivity contribution in [2.45, 2.75) is 25.9 Å². The van der Waals surface area contributed by atoms with Gasteiger partial charge in [-0.05, 0) is 30.9 Å². The molecule has 1 aromatic heterocycles. The lowest BCUT2D eigenvalue weighted by Crippen LogP contribution is -2.34. The Kier molecular flexibility index (Phi) is 3.26. The van der Waals surface area contributed by atoms with Gasteiger partial charge in [-0.15, -0.1) is 0 Å². The normalized spacial score (nSPS) is 18.5. The van der Waals surface area contributed by atoms with Gasteiger partial charge in [0.1, 0.15) is 5.82 Å². The molecule has 0 saturated carbocycles. The lowest BCUT2D eigenvalue weighted by molar-refractivity contribution is -0.137. The molecule has 0 bridgehead atoms. The van der Waals surface area contributed by atoms with E-state index in [1.165, 1.54) is 12.3 Å². The summed E-state index contributed by atoms with van der Waals surface area (Å²) in [5.74, 6) is 0.663. The van der Waals surface area contributed by atoms with Crippen molar-refractivity contribution < 1.29 is 13.2 Å². The SMILES string of the molecule is CC1CCN(c2ncccc2C(F)(F)F)CC1. The van der Waals surface area contributed by atoms with E-state index in [4.69, 9.17) is 0 Å². The number of aromatic nitrogens is 1. The van der Waals surface area contributed by atoms with Crippen molar-refractivity contribution >= 4 is 5.82 Å². The van der Waals surface area contributed by atoms with Gasteiger partial charge >= 0.3 is 6.18 Å². The van der Waals surface area contributed by atoms with Crippen molar-refractivity contribution in [1.29, 1.82) is 0 Å². The van der Waals surface area contributed by atoms with Crippen LogP contribution in [0.25, 0.3) is 0 Å². The fraction of sp³-hybridized carbons (Fsp3) is 0.583. The van der Waals surface area contributed by atoms with E-state index in [9.17, 15) is 13.2 Å². The van der Waals surface area contributed by atoms with Crippen LogP contribution in [0.5, 0.6) is 0 Å². The summed E-state index contributed by atoms with van der Waals surface area (Å²) >= 11 is 0. The van der Waals surface area contributed by atoms with Crippen LogP contribution in [-0.4, -0.2) is 18.1 Å². The molecule has 1 saturated heterocycles. The van der Waals surface area contributed by atoms with Crippen molar-refractivity contribution in [1.82, 2.24) is 4.98 Å². The number of rotatable bonds is 1. The number of pyridine rings is 1. The molecule has 0 aromatic carbocycles. The quantitative estimate of drug-likeness (QED) is 0.753. The zero-order chi connectivity index (χ0) is 12.5. The number of anilines is 1. The van der Waals surface area contributed by atoms with Gasteiger partial charge in [0.2, 0.25) is 0 Å². The summed E-state index contributed by atoms with van der Waals surface area (Å²) in [6.45, 7) is 3.43. The van der Waals surface area contributed by atoms with Crippen LogP contribution in [0.15, 0.2) is 18.3 Å². The van der Waals surface area contributed by atoms with E-state index in [2.05, 4.69) is 11.9 Å². The average Bonchev–Trinajstić information content (AvgIpc) is 2.29. The zero-order valence-corrected chi connectivity index (χ0v) is 9.67. The van der Waals surface area contributed by atoms with Crippen LogP contribution in [0, 0.1) is 5.92 Å². The summed E-state index contributed by atoms with van der Waals surface area (Å²) in [6, 6.07) is 2.43. The molecule has 1 aromatic rings. The number of halogens is 3. The van der Waals surface area contributed by atoms with Gasteiger partial charge in [-0.1, -0.05) is 6.92 Å². The number of hydrogen-bond donors (Lipinski definition) is 0. The molecule has 1 fully saturated rings. The summed E-state index contributed by atoms with van der Waals surface area (Å²) in [7, 11) is 0. The first kappa shape index (κ1) is 12.2. The van der Waals surface area contributed by atoms with E-state index < -0.39 is 11.7 Å². The largest absolute Gasteiger partial charge is 0.419 e. The minimum Gasteiger partial charge on any atom is -0.356 e. The zero-order valence-electron chi connectivity index (χ0n) is 9.67. The van der Waals surface area contributed by atoms with Gasteiger partial charge in [0, 0.05) is 19.3 Å². The molecular formula is C12H15F3N2. The number of hydrogen-bond acceptors (Lipinski definition) is 2. The third-order valence-electron chi connectivity index (χ3n) is 3.18. The molecule has 2 nitrogen and oxygen atoms in total. The molecule has 0 N–H and O–H groups in total. The van der Waals surface area contributed by atoms with Crippen molar-refractivity contribution in [3.05, 3.63) is 23.9 Å². The average molecular weight is 244 g/mol. The van der Waals surface area contributed by atoms with Gasteiger partial charge in [0.05, 0.1) is 5.56 Å². The van der Waals surface area contributed by atoms with Crippen molar-refractivity contribution in [2.24, 2.45) is 5.92 Å². The van der Waals surface area contributed by atoms with Gasteiger partial charge in [0.15, 0.2) is 0 Å². The molecule has 0 unspecified atom stereocenters. The molecule has 0 amide bonds. The third-order valence-corrected chi connectivity index (χ3v) is 3.18. The molecule has 94 valence electrons. The molecule has 2 heterocycles. The topological polar surface area (TPSA) is 16.1 Å². The Morgan fingerprint density at radius 3 is 2.53 bits per heavy atom. The molecule has 5 heteroatoms. The molecule has 0 radical (unpaired) electrons. The molecule has 1 aliphatic heterocycles. The maximum atomic E-state index is 12.8. The second-order valence-corrected chi connectivity index (χ2v) is 4.54. The van der Waals surface area contributed by atoms with E-state index in [1.54, 1.807) is 4.90 Å². The van der Waals surface area contributed by atoms with Gasteiger partial charge in [0.25, 0.3) is 0 Å². The molecule has 17 heavy (non-hydrogen) atoms. The summed E-state index contributed by atoms with van der Waals surface area (Å²) < 4.78 is 38.4. The summed E-state index contributed by atoms with van der Waals surface area (Å²) in [5, 5.41) is 0. The Morgan fingerprint density at radius 1 is 1.29 bits per heavy atom. The highest BCUT2D eigenvalue weighted by Crippen LogP contribution is 2.36. The van der Waals surface area contributed by atoms with E-state index in [0.717, 1.165) is 18.9 Å². The van der Waals surface area contributed by atoms with Crippen LogP contribution in [0.1, 0.15) is 25.3 Å². The smallest absolute Gasteiger partial charge is 0.356 e. The Hall–Kier alpha value is -1.26. The van der Waals surface area contributed by atoms with Crippen molar-refractivity contribution in [3.63, 3.8) is 0 Å². The minimum atomic E-state index is -4.33. The van der Waals surface area contributed by atoms with Crippen LogP contribution in [0.2, 0.25) is 0 Å². The van der Waals surface area contributed by atoms with Gasteiger partial charge < -0.3 is 4.90 Å². The highest BCUT2D eigenvalue weighted by Gasteiger charge is 2.36. The summed E-state index contributed by atoms with van der Waals surface area (Å²) in [6.07, 6.45) is -1.06. The monoisotopic (exact) mass is 244 g/mol. The molecular weight excluding hydrogens is 229 g/mol. The second-order valence-electron chi connectivity index (χ2n) is 4.54. The minimum absolute atomic E-state index is 0.0758. The molecule has 1 aliphatic rings. The van der Waals surface area contributed by atoms with Crippen molar-refractivity contribution in [2.75, 3.05) is 18.0 Å². The van der Waals surface area contributed by atoms with Gasteiger partial charge in [-0.2, -0.15) is 13.2 Å². The molecule has 0 spiro atoms. The first-order valence-corrected chi connectivity index (χ1v) is 5.75. The standard InChI is InChI=1S/C12H15F3N2/c1-9-4-7-17(8-5-9)11-10(12(13,14)15)3-2-6-16-11/h2-3,6,9H,4-5,7-8H2,1H3. The maximum absolute atomic E-state index is 12.8. The third kappa shape index (κ3) is 2.70. The lowest BCUT2D eigenvalue weighted by Gasteiger charge is -2.32. The number of alkyl halides is 3. The summed E-state index contributed by atoms with van der Waals surface area (Å²) in [4.78, 5) is 5.64. The predicted molar refractivity (Wildman–Crippen MR) is 59.9 cm³/mol.